The minimum atomic E-state index is -0.522. The van der Waals surface area contributed by atoms with Crippen molar-refractivity contribution in [3.8, 4) is 0 Å². The van der Waals surface area contributed by atoms with Gasteiger partial charge in [-0.05, 0) is 38.4 Å². The largest absolute Gasteiger partial charge is 0.444 e. The minimum absolute atomic E-state index is 0.0245. The van der Waals surface area contributed by atoms with Gasteiger partial charge in [0.15, 0.2) is 5.78 Å². The lowest BCUT2D eigenvalue weighted by atomic mass is 10.2. The van der Waals surface area contributed by atoms with Gasteiger partial charge < -0.3 is 10.1 Å². The summed E-state index contributed by atoms with van der Waals surface area (Å²) >= 11 is 1.16. The molecule has 0 saturated heterocycles. The first-order valence-electron chi connectivity index (χ1n) is 5.29. The van der Waals surface area contributed by atoms with Crippen molar-refractivity contribution in [1.82, 2.24) is 9.69 Å². The molecule has 0 aliphatic carbocycles. The maximum Gasteiger partial charge on any atom is 0.407 e. The number of carbonyl (C=O) groups excluding carboxylic acids is 2. The van der Waals surface area contributed by atoms with Crippen LogP contribution in [0.15, 0.2) is 12.3 Å². The fourth-order valence-corrected chi connectivity index (χ4v) is 1.64. The minimum Gasteiger partial charge on any atom is -0.444 e. The van der Waals surface area contributed by atoms with Crippen LogP contribution in [-0.4, -0.2) is 28.4 Å². The van der Waals surface area contributed by atoms with E-state index in [9.17, 15) is 9.59 Å². The molecule has 0 saturated carbocycles. The first-order chi connectivity index (χ1) is 7.88. The molecular formula is C11H16N2O3S. The fourth-order valence-electron chi connectivity index (χ4n) is 1.08. The van der Waals surface area contributed by atoms with Gasteiger partial charge >= 0.3 is 6.09 Å². The summed E-state index contributed by atoms with van der Waals surface area (Å²) in [5.74, 6) is -0.0245. The van der Waals surface area contributed by atoms with E-state index in [1.165, 1.54) is 0 Å². The SMILES string of the molecule is CC(C)(C)OC(=O)NCCC(=O)c1ccns1. The van der Waals surface area contributed by atoms with Gasteiger partial charge in [0.25, 0.3) is 0 Å². The Hall–Kier alpha value is -1.43. The number of rotatable bonds is 4. The molecule has 0 aromatic carbocycles. The highest BCUT2D eigenvalue weighted by molar-refractivity contribution is 7.08. The van der Waals surface area contributed by atoms with Gasteiger partial charge in [0, 0.05) is 19.2 Å². The van der Waals surface area contributed by atoms with Crippen LogP contribution in [0, 0.1) is 0 Å². The molecule has 1 amide bonds. The second kappa shape index (κ2) is 5.77. The third-order valence-corrected chi connectivity index (χ3v) is 2.52. The smallest absolute Gasteiger partial charge is 0.407 e. The summed E-state index contributed by atoms with van der Waals surface area (Å²) in [7, 11) is 0. The molecule has 1 aromatic heterocycles. The van der Waals surface area contributed by atoms with Crippen LogP contribution in [0.4, 0.5) is 4.79 Å². The Bertz CT molecular complexity index is 382. The van der Waals surface area contributed by atoms with Crippen molar-refractivity contribution in [1.29, 1.82) is 0 Å². The van der Waals surface area contributed by atoms with Gasteiger partial charge in [0.2, 0.25) is 0 Å². The lowest BCUT2D eigenvalue weighted by molar-refractivity contribution is 0.0527. The molecule has 1 heterocycles. The lowest BCUT2D eigenvalue weighted by Gasteiger charge is -2.19. The number of alkyl carbamates (subject to hydrolysis) is 1. The summed E-state index contributed by atoms with van der Waals surface area (Å²) in [6, 6.07) is 1.67. The van der Waals surface area contributed by atoms with Crippen molar-refractivity contribution in [2.24, 2.45) is 0 Å². The molecule has 0 atom stereocenters. The monoisotopic (exact) mass is 256 g/mol. The van der Waals surface area contributed by atoms with E-state index in [2.05, 4.69) is 9.69 Å². The highest BCUT2D eigenvalue weighted by Crippen LogP contribution is 2.08. The van der Waals surface area contributed by atoms with Gasteiger partial charge in [-0.15, -0.1) is 0 Å². The molecule has 0 spiro atoms. The molecule has 0 bridgehead atoms. The van der Waals surface area contributed by atoms with E-state index in [0.29, 0.717) is 4.88 Å². The van der Waals surface area contributed by atoms with Gasteiger partial charge in [0.05, 0.1) is 4.88 Å². The van der Waals surface area contributed by atoms with Crippen LogP contribution in [0.25, 0.3) is 0 Å². The molecule has 1 N–H and O–H groups in total. The summed E-state index contributed by atoms with van der Waals surface area (Å²) < 4.78 is 8.88. The van der Waals surface area contributed by atoms with Crippen LogP contribution < -0.4 is 5.32 Å². The highest BCUT2D eigenvalue weighted by atomic mass is 32.1. The molecule has 17 heavy (non-hydrogen) atoms. The Morgan fingerprint density at radius 3 is 2.71 bits per heavy atom. The van der Waals surface area contributed by atoms with Crippen molar-refractivity contribution >= 4 is 23.4 Å². The number of carbonyl (C=O) groups is 2. The molecule has 6 heteroatoms. The number of amides is 1. The predicted octanol–water partition coefficient (Wildman–Crippen LogP) is 2.24. The number of hydrogen-bond donors (Lipinski definition) is 1. The molecule has 0 radical (unpaired) electrons. The molecule has 94 valence electrons. The van der Waals surface area contributed by atoms with E-state index >= 15 is 0 Å². The van der Waals surface area contributed by atoms with Crippen LogP contribution in [0.5, 0.6) is 0 Å². The van der Waals surface area contributed by atoms with Gasteiger partial charge in [-0.2, -0.15) is 0 Å². The highest BCUT2D eigenvalue weighted by Gasteiger charge is 2.16. The third-order valence-electron chi connectivity index (χ3n) is 1.73. The quantitative estimate of drug-likeness (QED) is 0.839. The summed E-state index contributed by atoms with van der Waals surface area (Å²) in [4.78, 5) is 23.4. The van der Waals surface area contributed by atoms with E-state index in [4.69, 9.17) is 4.74 Å². The zero-order chi connectivity index (χ0) is 12.9. The third kappa shape index (κ3) is 5.44. The number of ether oxygens (including phenoxy) is 1. The second-order valence-corrected chi connectivity index (χ2v) is 5.31. The van der Waals surface area contributed by atoms with Crippen LogP contribution in [0.2, 0.25) is 0 Å². The summed E-state index contributed by atoms with van der Waals surface area (Å²) in [5.41, 5.74) is -0.522. The zero-order valence-electron chi connectivity index (χ0n) is 10.1. The number of nitrogens with zero attached hydrogens (tertiary/aromatic N) is 1. The summed E-state index contributed by atoms with van der Waals surface area (Å²) in [5, 5.41) is 2.53. The van der Waals surface area contributed by atoms with Crippen molar-refractivity contribution in [2.75, 3.05) is 6.54 Å². The Balaban J connectivity index is 2.24. The van der Waals surface area contributed by atoms with Crippen LogP contribution >= 0.6 is 11.5 Å². The Kier molecular flexibility index (Phi) is 4.62. The molecule has 1 aromatic rings. The van der Waals surface area contributed by atoms with E-state index in [-0.39, 0.29) is 18.7 Å². The standard InChI is InChI=1S/C11H16N2O3S/c1-11(2,3)16-10(15)12-6-4-8(14)9-5-7-13-17-9/h5,7H,4,6H2,1-3H3,(H,12,15). The van der Waals surface area contributed by atoms with Crippen molar-refractivity contribution < 1.29 is 14.3 Å². The van der Waals surface area contributed by atoms with Gasteiger partial charge in [-0.1, -0.05) is 0 Å². The summed E-state index contributed by atoms with van der Waals surface area (Å²) in [6.07, 6.45) is 1.33. The fraction of sp³-hybridized carbons (Fsp3) is 0.545. The Labute approximate surface area is 104 Å². The number of ketones is 1. The average molecular weight is 256 g/mol. The molecule has 0 fully saturated rings. The lowest BCUT2D eigenvalue weighted by Crippen LogP contribution is -2.33. The van der Waals surface area contributed by atoms with Gasteiger partial charge in [0.1, 0.15) is 5.60 Å². The van der Waals surface area contributed by atoms with Crippen molar-refractivity contribution in [3.63, 3.8) is 0 Å². The predicted molar refractivity (Wildman–Crippen MR) is 65.3 cm³/mol. The second-order valence-electron chi connectivity index (χ2n) is 4.48. The van der Waals surface area contributed by atoms with Crippen molar-refractivity contribution in [2.45, 2.75) is 32.8 Å². The number of nitrogens with one attached hydrogen (secondary N) is 1. The van der Waals surface area contributed by atoms with E-state index in [0.717, 1.165) is 11.5 Å². The van der Waals surface area contributed by atoms with Crippen LogP contribution in [0.1, 0.15) is 36.9 Å². The molecule has 0 aliphatic heterocycles. The topological polar surface area (TPSA) is 68.3 Å². The summed E-state index contributed by atoms with van der Waals surface area (Å²) in [6.45, 7) is 5.63. The van der Waals surface area contributed by atoms with Crippen LogP contribution in [-0.2, 0) is 4.74 Å². The number of Topliss-reactive ketones (excluding diaryl/α,β-unsaturated/α-hetero) is 1. The first kappa shape index (κ1) is 13.6. The van der Waals surface area contributed by atoms with Crippen LogP contribution in [0.3, 0.4) is 0 Å². The number of hydrogen-bond acceptors (Lipinski definition) is 5. The maximum absolute atomic E-state index is 11.6. The van der Waals surface area contributed by atoms with E-state index in [1.54, 1.807) is 33.0 Å². The van der Waals surface area contributed by atoms with E-state index < -0.39 is 11.7 Å². The number of aromatic nitrogens is 1. The zero-order valence-corrected chi connectivity index (χ0v) is 11.0. The molecule has 1 rings (SSSR count). The van der Waals surface area contributed by atoms with Gasteiger partial charge in [-0.25, -0.2) is 9.17 Å². The normalized spacial score (nSPS) is 11.0. The Morgan fingerprint density at radius 2 is 2.18 bits per heavy atom. The molecule has 5 nitrogen and oxygen atoms in total. The Morgan fingerprint density at radius 1 is 1.47 bits per heavy atom. The van der Waals surface area contributed by atoms with Crippen molar-refractivity contribution in [3.05, 3.63) is 17.1 Å². The average Bonchev–Trinajstić information content (AvgIpc) is 2.66. The molecular weight excluding hydrogens is 240 g/mol. The van der Waals surface area contributed by atoms with E-state index in [1.807, 2.05) is 0 Å². The maximum atomic E-state index is 11.6. The molecule has 0 aliphatic rings. The first-order valence-corrected chi connectivity index (χ1v) is 6.06. The van der Waals surface area contributed by atoms with Gasteiger partial charge in [-0.3, -0.25) is 4.79 Å². The molecule has 0 unspecified atom stereocenters.